The third kappa shape index (κ3) is 5.93. The molecular weight excluding hydrogens is 369 g/mol. The van der Waals surface area contributed by atoms with Crippen LogP contribution in [0.15, 0.2) is 42.5 Å². The van der Waals surface area contributed by atoms with Crippen molar-refractivity contribution < 1.29 is 18.7 Å². The summed E-state index contributed by atoms with van der Waals surface area (Å²) in [7, 11) is 0. The van der Waals surface area contributed by atoms with Crippen LogP contribution in [0, 0.1) is 5.82 Å². The second kappa shape index (κ2) is 9.88. The lowest BCUT2D eigenvalue weighted by molar-refractivity contribution is -0.142. The summed E-state index contributed by atoms with van der Waals surface area (Å²) >= 11 is 5.68. The number of esters is 1. The van der Waals surface area contributed by atoms with Crippen molar-refractivity contribution in [1.82, 2.24) is 0 Å². The van der Waals surface area contributed by atoms with Crippen LogP contribution in [0.2, 0.25) is 5.02 Å². The summed E-state index contributed by atoms with van der Waals surface area (Å²) in [4.78, 5) is 23.9. The number of hydrogen-bond acceptors (Lipinski definition) is 3. The first-order valence-corrected chi connectivity index (χ1v) is 9.02. The molecule has 142 valence electrons. The molecule has 27 heavy (non-hydrogen) atoms. The van der Waals surface area contributed by atoms with E-state index in [0.29, 0.717) is 5.56 Å². The first-order chi connectivity index (χ1) is 12.9. The van der Waals surface area contributed by atoms with Gasteiger partial charge in [-0.25, -0.2) is 9.18 Å². The molecule has 0 saturated heterocycles. The van der Waals surface area contributed by atoms with Crippen LogP contribution in [-0.2, 0) is 27.2 Å². The van der Waals surface area contributed by atoms with Gasteiger partial charge in [0.1, 0.15) is 5.82 Å². The maximum Gasteiger partial charge on any atom is 0.331 e. The Labute approximate surface area is 163 Å². The Kier molecular flexibility index (Phi) is 7.55. The Morgan fingerprint density at radius 1 is 1.15 bits per heavy atom. The zero-order chi connectivity index (χ0) is 19.8. The molecule has 0 atom stereocenters. The van der Waals surface area contributed by atoms with Crippen molar-refractivity contribution in [2.75, 3.05) is 11.9 Å². The summed E-state index contributed by atoms with van der Waals surface area (Å²) in [5.74, 6) is -1.62. The number of ether oxygens (including phenoxy) is 1. The van der Waals surface area contributed by atoms with Gasteiger partial charge in [-0.3, -0.25) is 4.79 Å². The van der Waals surface area contributed by atoms with E-state index < -0.39 is 24.3 Å². The number of rotatable bonds is 7. The molecule has 1 N–H and O–H groups in total. The smallest absolute Gasteiger partial charge is 0.331 e. The third-order valence-electron chi connectivity index (χ3n) is 3.96. The average molecular weight is 390 g/mol. The predicted molar refractivity (Wildman–Crippen MR) is 105 cm³/mol. The lowest BCUT2D eigenvalue weighted by atomic mass is 10.0. The normalized spacial score (nSPS) is 10.8. The number of carbonyl (C=O) groups excluding carboxylic acids is 2. The van der Waals surface area contributed by atoms with Gasteiger partial charge in [-0.15, -0.1) is 0 Å². The summed E-state index contributed by atoms with van der Waals surface area (Å²) in [5, 5.41) is 2.79. The molecule has 0 unspecified atom stereocenters. The summed E-state index contributed by atoms with van der Waals surface area (Å²) in [5.41, 5.74) is 3.39. The van der Waals surface area contributed by atoms with Crippen molar-refractivity contribution in [2.45, 2.75) is 26.7 Å². The number of aryl methyl sites for hydroxylation is 2. The molecule has 0 fully saturated rings. The van der Waals surface area contributed by atoms with Crippen molar-refractivity contribution in [3.05, 3.63) is 70.0 Å². The lowest BCUT2D eigenvalue weighted by Gasteiger charge is -2.14. The third-order valence-corrected chi connectivity index (χ3v) is 4.25. The fourth-order valence-electron chi connectivity index (χ4n) is 2.54. The summed E-state index contributed by atoms with van der Waals surface area (Å²) in [6.07, 6.45) is 4.17. The molecule has 4 nitrogen and oxygen atoms in total. The van der Waals surface area contributed by atoms with E-state index in [4.69, 9.17) is 16.3 Å². The zero-order valence-corrected chi connectivity index (χ0v) is 16.0. The molecule has 0 bridgehead atoms. The number of hydrogen-bond donors (Lipinski definition) is 1. The number of halogens is 2. The minimum Gasteiger partial charge on any atom is -0.452 e. The van der Waals surface area contributed by atoms with Gasteiger partial charge in [-0.1, -0.05) is 49.7 Å². The van der Waals surface area contributed by atoms with Crippen LogP contribution in [0.25, 0.3) is 6.08 Å². The maximum atomic E-state index is 13.1. The molecule has 0 radical (unpaired) electrons. The number of amides is 1. The number of para-hydroxylation sites is 1. The van der Waals surface area contributed by atoms with Crippen molar-refractivity contribution >= 4 is 35.2 Å². The van der Waals surface area contributed by atoms with Gasteiger partial charge in [0, 0.05) is 11.8 Å². The molecule has 0 spiro atoms. The van der Waals surface area contributed by atoms with Crippen LogP contribution in [-0.4, -0.2) is 18.5 Å². The highest BCUT2D eigenvalue weighted by Gasteiger charge is 2.11. The average Bonchev–Trinajstić information content (AvgIpc) is 2.67. The Morgan fingerprint density at radius 2 is 1.81 bits per heavy atom. The van der Waals surface area contributed by atoms with Crippen LogP contribution in [0.3, 0.4) is 0 Å². The molecule has 0 aliphatic carbocycles. The quantitative estimate of drug-likeness (QED) is 0.546. The van der Waals surface area contributed by atoms with Crippen molar-refractivity contribution in [3.63, 3.8) is 0 Å². The fourth-order valence-corrected chi connectivity index (χ4v) is 2.73. The van der Waals surface area contributed by atoms with Gasteiger partial charge >= 0.3 is 5.97 Å². The molecule has 2 aromatic carbocycles. The molecular formula is C21H21ClFNO3. The van der Waals surface area contributed by atoms with E-state index in [1.54, 1.807) is 0 Å². The summed E-state index contributed by atoms with van der Waals surface area (Å²) in [6, 6.07) is 9.94. The summed E-state index contributed by atoms with van der Waals surface area (Å²) < 4.78 is 18.1. The largest absolute Gasteiger partial charge is 0.452 e. The minimum absolute atomic E-state index is 0.0359. The first kappa shape index (κ1) is 20.6. The SMILES string of the molecule is CCc1cccc(CC)c1NC(=O)COC(=O)/C=C/c1ccc(F)c(Cl)c1. The van der Waals surface area contributed by atoms with Gasteiger partial charge < -0.3 is 10.1 Å². The first-order valence-electron chi connectivity index (χ1n) is 8.65. The predicted octanol–water partition coefficient (Wildman–Crippen LogP) is 4.80. The Hall–Kier alpha value is -2.66. The van der Waals surface area contributed by atoms with Gasteiger partial charge in [0.2, 0.25) is 0 Å². The highest BCUT2D eigenvalue weighted by Crippen LogP contribution is 2.22. The fraction of sp³-hybridized carbons (Fsp3) is 0.238. The van der Waals surface area contributed by atoms with Crippen molar-refractivity contribution in [2.24, 2.45) is 0 Å². The van der Waals surface area contributed by atoms with Crippen LogP contribution >= 0.6 is 11.6 Å². The number of benzene rings is 2. The zero-order valence-electron chi connectivity index (χ0n) is 15.2. The van der Waals surface area contributed by atoms with E-state index in [9.17, 15) is 14.0 Å². The Bertz CT molecular complexity index is 842. The van der Waals surface area contributed by atoms with E-state index in [2.05, 4.69) is 5.32 Å². The summed E-state index contributed by atoms with van der Waals surface area (Å²) in [6.45, 7) is 3.63. The Morgan fingerprint density at radius 3 is 2.41 bits per heavy atom. The van der Waals surface area contributed by atoms with Gasteiger partial charge in [-0.05, 0) is 47.7 Å². The molecule has 6 heteroatoms. The van der Waals surface area contributed by atoms with Crippen molar-refractivity contribution in [3.8, 4) is 0 Å². The van der Waals surface area contributed by atoms with E-state index >= 15 is 0 Å². The number of nitrogens with one attached hydrogen (secondary N) is 1. The monoisotopic (exact) mass is 389 g/mol. The molecule has 0 heterocycles. The molecule has 0 saturated carbocycles. The number of carbonyl (C=O) groups is 2. The van der Waals surface area contributed by atoms with Crippen LogP contribution < -0.4 is 5.32 Å². The van der Waals surface area contributed by atoms with E-state index in [-0.39, 0.29) is 5.02 Å². The van der Waals surface area contributed by atoms with E-state index in [1.807, 2.05) is 32.0 Å². The van der Waals surface area contributed by atoms with Gasteiger partial charge in [0.05, 0.1) is 5.02 Å². The molecule has 0 aromatic heterocycles. The second-order valence-corrected chi connectivity index (χ2v) is 6.23. The minimum atomic E-state index is -0.676. The lowest BCUT2D eigenvalue weighted by Crippen LogP contribution is -2.21. The highest BCUT2D eigenvalue weighted by atomic mass is 35.5. The van der Waals surface area contributed by atoms with Crippen molar-refractivity contribution in [1.29, 1.82) is 0 Å². The standard InChI is InChI=1S/C21H21ClFNO3/c1-3-15-6-5-7-16(4-2)21(15)24-19(25)13-27-20(26)11-9-14-8-10-18(23)17(22)12-14/h5-12H,3-4,13H2,1-2H3,(H,24,25)/b11-9+. The molecule has 2 rings (SSSR count). The number of anilines is 1. The Balaban J connectivity index is 1.93. The molecule has 0 aliphatic heterocycles. The van der Waals surface area contributed by atoms with Gasteiger partial charge in [-0.2, -0.15) is 0 Å². The second-order valence-electron chi connectivity index (χ2n) is 5.82. The van der Waals surface area contributed by atoms with Gasteiger partial charge in [0.15, 0.2) is 6.61 Å². The molecule has 2 aromatic rings. The molecule has 0 aliphatic rings. The molecule has 1 amide bonds. The van der Waals surface area contributed by atoms with Crippen LogP contribution in [0.1, 0.15) is 30.5 Å². The maximum absolute atomic E-state index is 13.1. The highest BCUT2D eigenvalue weighted by molar-refractivity contribution is 6.30. The van der Waals surface area contributed by atoms with E-state index in [1.165, 1.54) is 24.3 Å². The van der Waals surface area contributed by atoms with Gasteiger partial charge in [0.25, 0.3) is 5.91 Å². The van der Waals surface area contributed by atoms with Crippen LogP contribution in [0.5, 0.6) is 0 Å². The van der Waals surface area contributed by atoms with Crippen LogP contribution in [0.4, 0.5) is 10.1 Å². The van der Waals surface area contributed by atoms with E-state index in [0.717, 1.165) is 35.7 Å². The topological polar surface area (TPSA) is 55.4 Å².